The zero-order valence-corrected chi connectivity index (χ0v) is 17.5. The number of aromatic hydroxyl groups is 1. The lowest BCUT2D eigenvalue weighted by Gasteiger charge is -2.23. The standard InChI is InChI=1S/C20H31N3O5S/c1-12(24)18(20(28)29)23-19(27)14(10-13-5-7-15(25)8-6-13)11-17(26)16(22)4-2-3-9-21/h5-8,12,14,16,18,24-25H,2-4,9-11,21-22H2,1H3,(H,23,27)(H,28,29)/t12-,14-,16+,18+/m1/s1. The molecule has 8 nitrogen and oxygen atoms in total. The van der Waals surface area contributed by atoms with E-state index in [1.807, 2.05) is 0 Å². The number of phenolic OH excluding ortho intramolecular Hbond substituents is 1. The lowest BCUT2D eigenvalue weighted by atomic mass is 9.90. The van der Waals surface area contributed by atoms with Gasteiger partial charge in [-0.15, -0.1) is 12.6 Å². The number of amides is 1. The summed E-state index contributed by atoms with van der Waals surface area (Å²) in [6.07, 6.45) is 0.932. The topological polar surface area (TPSA) is 156 Å². The Labute approximate surface area is 176 Å². The molecule has 1 aromatic carbocycles. The van der Waals surface area contributed by atoms with E-state index >= 15 is 0 Å². The van der Waals surface area contributed by atoms with Gasteiger partial charge in [0, 0.05) is 12.3 Å². The summed E-state index contributed by atoms with van der Waals surface area (Å²) in [5, 5.41) is 20.9. The Morgan fingerprint density at radius 1 is 1.17 bits per heavy atom. The minimum absolute atomic E-state index is 0.0857. The van der Waals surface area contributed by atoms with E-state index in [-0.39, 0.29) is 24.4 Å². The van der Waals surface area contributed by atoms with Gasteiger partial charge >= 0.3 is 0 Å². The first-order valence-electron chi connectivity index (χ1n) is 9.63. The fourth-order valence-corrected chi connectivity index (χ4v) is 3.18. The molecule has 1 rings (SSSR count). The van der Waals surface area contributed by atoms with Gasteiger partial charge in [-0.1, -0.05) is 18.6 Å². The fourth-order valence-electron chi connectivity index (χ4n) is 2.90. The Bertz CT molecular complexity index is 681. The zero-order chi connectivity index (χ0) is 22.0. The third-order valence-electron chi connectivity index (χ3n) is 4.67. The lowest BCUT2D eigenvalue weighted by molar-refractivity contribution is -0.132. The van der Waals surface area contributed by atoms with Crippen molar-refractivity contribution >= 4 is 29.4 Å². The third kappa shape index (κ3) is 8.95. The first-order chi connectivity index (χ1) is 13.6. The summed E-state index contributed by atoms with van der Waals surface area (Å²) in [6.45, 7) is 1.89. The Hall–Kier alpha value is -1.94. The molecule has 0 heterocycles. The van der Waals surface area contributed by atoms with E-state index in [2.05, 4.69) is 17.9 Å². The van der Waals surface area contributed by atoms with Crippen molar-refractivity contribution in [3.05, 3.63) is 29.8 Å². The largest absolute Gasteiger partial charge is 0.508 e. The number of hydrogen-bond donors (Lipinski definition) is 6. The van der Waals surface area contributed by atoms with Crippen LogP contribution in [0.25, 0.3) is 0 Å². The van der Waals surface area contributed by atoms with Crippen molar-refractivity contribution in [1.29, 1.82) is 0 Å². The van der Waals surface area contributed by atoms with Gasteiger partial charge in [-0.25, -0.2) is 0 Å². The molecule has 9 heteroatoms. The number of carbonyl (C=O) groups is 3. The molecule has 0 aromatic heterocycles. The fraction of sp³-hybridized carbons (Fsp3) is 0.550. The number of nitrogens with two attached hydrogens (primary N) is 2. The van der Waals surface area contributed by atoms with E-state index < -0.39 is 35.1 Å². The van der Waals surface area contributed by atoms with Crippen LogP contribution in [0.4, 0.5) is 0 Å². The molecule has 162 valence electrons. The molecule has 29 heavy (non-hydrogen) atoms. The van der Waals surface area contributed by atoms with Gasteiger partial charge in [0.15, 0.2) is 0 Å². The van der Waals surface area contributed by atoms with Gasteiger partial charge in [-0.2, -0.15) is 0 Å². The first-order valence-corrected chi connectivity index (χ1v) is 10.1. The molecule has 0 fully saturated rings. The lowest BCUT2D eigenvalue weighted by Crippen LogP contribution is -2.49. The molecule has 0 unspecified atom stereocenters. The van der Waals surface area contributed by atoms with Crippen LogP contribution in [0.5, 0.6) is 5.75 Å². The van der Waals surface area contributed by atoms with Crippen LogP contribution in [0.3, 0.4) is 0 Å². The maximum Gasteiger partial charge on any atom is 0.224 e. The number of thiol groups is 1. The minimum Gasteiger partial charge on any atom is -0.508 e. The molecule has 1 aromatic rings. The highest BCUT2D eigenvalue weighted by atomic mass is 32.1. The zero-order valence-electron chi connectivity index (χ0n) is 16.6. The molecule has 0 aliphatic rings. The maximum atomic E-state index is 12.8. The van der Waals surface area contributed by atoms with Crippen molar-refractivity contribution < 1.29 is 24.6 Å². The number of ketones is 1. The second-order valence-corrected chi connectivity index (χ2v) is 7.63. The van der Waals surface area contributed by atoms with Crippen LogP contribution in [-0.2, 0) is 20.8 Å². The van der Waals surface area contributed by atoms with Crippen LogP contribution in [0.1, 0.15) is 38.2 Å². The van der Waals surface area contributed by atoms with Crippen LogP contribution in [-0.4, -0.2) is 51.8 Å². The molecule has 0 spiro atoms. The van der Waals surface area contributed by atoms with E-state index in [4.69, 9.17) is 11.5 Å². The highest BCUT2D eigenvalue weighted by molar-refractivity contribution is 7.96. The summed E-state index contributed by atoms with van der Waals surface area (Å²) in [4.78, 5) is 36.9. The van der Waals surface area contributed by atoms with Gasteiger partial charge in [0.2, 0.25) is 11.0 Å². The highest BCUT2D eigenvalue weighted by Gasteiger charge is 2.30. The van der Waals surface area contributed by atoms with Crippen LogP contribution in [0, 0.1) is 5.92 Å². The number of hydrogen-bond acceptors (Lipinski definition) is 7. The smallest absolute Gasteiger partial charge is 0.224 e. The SMILES string of the molecule is C[C@@H](O)[C@H](NC(=O)[C@@H](CC(=O)[C@@H](N)CCCCN)Cc1ccc(O)cc1)C(=O)S. The number of aliphatic hydroxyl groups excluding tert-OH is 1. The number of Topliss-reactive ketones (excluding diaryl/α,β-unsaturated/α-hetero) is 1. The third-order valence-corrected chi connectivity index (χ3v) is 4.94. The van der Waals surface area contributed by atoms with Gasteiger partial charge in [-0.3, -0.25) is 14.4 Å². The van der Waals surface area contributed by atoms with Crippen molar-refractivity contribution in [2.75, 3.05) is 6.54 Å². The molecule has 7 N–H and O–H groups in total. The Morgan fingerprint density at radius 3 is 2.31 bits per heavy atom. The number of carbonyl (C=O) groups excluding carboxylic acids is 3. The Morgan fingerprint density at radius 2 is 1.79 bits per heavy atom. The molecular formula is C20H31N3O5S. The van der Waals surface area contributed by atoms with E-state index in [0.717, 1.165) is 18.4 Å². The van der Waals surface area contributed by atoms with E-state index in [1.54, 1.807) is 12.1 Å². The Kier molecular flexibility index (Phi) is 10.9. The van der Waals surface area contributed by atoms with Gasteiger partial charge in [0.1, 0.15) is 17.6 Å². The molecule has 0 radical (unpaired) electrons. The number of benzene rings is 1. The molecule has 0 aliphatic heterocycles. The molecular weight excluding hydrogens is 394 g/mol. The molecule has 0 saturated heterocycles. The normalized spacial score (nSPS) is 15.2. The van der Waals surface area contributed by atoms with E-state index in [1.165, 1.54) is 19.1 Å². The van der Waals surface area contributed by atoms with Crippen molar-refractivity contribution in [3.63, 3.8) is 0 Å². The average molecular weight is 426 g/mol. The number of rotatable bonds is 13. The summed E-state index contributed by atoms with van der Waals surface area (Å²) in [6, 6.07) is 4.40. The first kappa shape index (κ1) is 25.1. The summed E-state index contributed by atoms with van der Waals surface area (Å²) in [7, 11) is 0. The summed E-state index contributed by atoms with van der Waals surface area (Å²) >= 11 is 3.70. The van der Waals surface area contributed by atoms with Crippen LogP contribution < -0.4 is 16.8 Å². The minimum atomic E-state index is -1.18. The molecule has 0 aliphatic carbocycles. The second-order valence-electron chi connectivity index (χ2n) is 7.19. The van der Waals surface area contributed by atoms with Gasteiger partial charge < -0.3 is 27.0 Å². The molecule has 4 atom stereocenters. The average Bonchev–Trinajstić information content (AvgIpc) is 2.66. The van der Waals surface area contributed by atoms with Crippen molar-refractivity contribution in [3.8, 4) is 5.75 Å². The van der Waals surface area contributed by atoms with Gasteiger partial charge in [0.05, 0.1) is 12.1 Å². The maximum absolute atomic E-state index is 12.8. The predicted molar refractivity (Wildman–Crippen MR) is 113 cm³/mol. The summed E-state index contributed by atoms with van der Waals surface area (Å²) < 4.78 is 0. The highest BCUT2D eigenvalue weighted by Crippen LogP contribution is 2.18. The van der Waals surface area contributed by atoms with Crippen molar-refractivity contribution in [2.45, 2.75) is 57.2 Å². The predicted octanol–water partition coefficient (Wildman–Crippen LogP) is 0.288. The quantitative estimate of drug-likeness (QED) is 0.196. The molecule has 0 saturated carbocycles. The van der Waals surface area contributed by atoms with Crippen molar-refractivity contribution in [1.82, 2.24) is 5.32 Å². The monoisotopic (exact) mass is 425 g/mol. The molecule has 0 bridgehead atoms. The summed E-state index contributed by atoms with van der Waals surface area (Å²) in [5.41, 5.74) is 12.1. The molecule has 1 amide bonds. The van der Waals surface area contributed by atoms with Crippen LogP contribution >= 0.6 is 12.6 Å². The van der Waals surface area contributed by atoms with Crippen LogP contribution in [0.2, 0.25) is 0 Å². The van der Waals surface area contributed by atoms with Crippen molar-refractivity contribution in [2.24, 2.45) is 17.4 Å². The number of phenols is 1. The van der Waals surface area contributed by atoms with E-state index in [9.17, 15) is 24.6 Å². The van der Waals surface area contributed by atoms with Gasteiger partial charge in [0.25, 0.3) is 0 Å². The number of nitrogens with one attached hydrogen (secondary N) is 1. The summed E-state index contributed by atoms with van der Waals surface area (Å²) in [5.74, 6) is -1.51. The Balaban J connectivity index is 2.92. The number of aliphatic hydroxyl groups is 1. The number of unbranched alkanes of at least 4 members (excludes halogenated alkanes) is 1. The van der Waals surface area contributed by atoms with E-state index in [0.29, 0.717) is 13.0 Å². The van der Waals surface area contributed by atoms with Gasteiger partial charge in [-0.05, 0) is 50.4 Å². The van der Waals surface area contributed by atoms with Crippen LogP contribution in [0.15, 0.2) is 24.3 Å². The second kappa shape index (κ2) is 12.6.